The molecule has 5 nitrogen and oxygen atoms in total. The van der Waals surface area contributed by atoms with Crippen LogP contribution >= 0.6 is 0 Å². The molecular formula is C15H22N4O. The van der Waals surface area contributed by atoms with Crippen molar-refractivity contribution in [2.75, 3.05) is 6.54 Å². The Morgan fingerprint density at radius 3 is 2.90 bits per heavy atom. The van der Waals surface area contributed by atoms with E-state index in [1.54, 1.807) is 0 Å². The molecule has 0 saturated heterocycles. The molecule has 0 spiro atoms. The van der Waals surface area contributed by atoms with Crippen LogP contribution < -0.4 is 5.32 Å². The van der Waals surface area contributed by atoms with Crippen molar-refractivity contribution in [3.05, 3.63) is 24.2 Å². The highest BCUT2D eigenvalue weighted by atomic mass is 16.5. The van der Waals surface area contributed by atoms with Gasteiger partial charge in [0.1, 0.15) is 0 Å². The van der Waals surface area contributed by atoms with Gasteiger partial charge in [-0.1, -0.05) is 12.1 Å². The molecule has 2 heterocycles. The number of H-pyrrole nitrogens is 1. The number of hydrogen-bond donors (Lipinski definition) is 2. The molecule has 0 amide bonds. The molecule has 1 aliphatic carbocycles. The first-order valence-electron chi connectivity index (χ1n) is 7.57. The number of rotatable bonds is 5. The van der Waals surface area contributed by atoms with Crippen LogP contribution in [0.3, 0.4) is 0 Å². The molecule has 0 bridgehead atoms. The summed E-state index contributed by atoms with van der Waals surface area (Å²) in [7, 11) is 0. The Hall–Kier alpha value is -1.62. The van der Waals surface area contributed by atoms with Crippen molar-refractivity contribution in [1.82, 2.24) is 20.4 Å². The Balaban J connectivity index is 1.58. The lowest BCUT2D eigenvalue weighted by atomic mass is 9.86. The van der Waals surface area contributed by atoms with Crippen molar-refractivity contribution in [3.8, 4) is 11.5 Å². The molecule has 2 aromatic heterocycles. The van der Waals surface area contributed by atoms with Crippen molar-refractivity contribution < 1.29 is 4.52 Å². The summed E-state index contributed by atoms with van der Waals surface area (Å²) in [6, 6.07) is 4.56. The van der Waals surface area contributed by atoms with Crippen LogP contribution in [0.2, 0.25) is 0 Å². The smallest absolute Gasteiger partial charge is 0.230 e. The van der Waals surface area contributed by atoms with Crippen LogP contribution in [0.25, 0.3) is 11.5 Å². The van der Waals surface area contributed by atoms with Crippen molar-refractivity contribution in [2.24, 2.45) is 0 Å². The summed E-state index contributed by atoms with van der Waals surface area (Å²) in [4.78, 5) is 7.64. The maximum absolute atomic E-state index is 5.44. The van der Waals surface area contributed by atoms with Gasteiger partial charge in [0.15, 0.2) is 0 Å². The van der Waals surface area contributed by atoms with E-state index in [1.807, 2.05) is 18.3 Å². The van der Waals surface area contributed by atoms with Crippen LogP contribution in [0.5, 0.6) is 0 Å². The molecule has 0 aromatic carbocycles. The maximum Gasteiger partial charge on any atom is 0.230 e. The molecule has 3 rings (SSSR count). The monoisotopic (exact) mass is 274 g/mol. The summed E-state index contributed by atoms with van der Waals surface area (Å²) in [5, 5.41) is 7.67. The molecule has 1 saturated carbocycles. The van der Waals surface area contributed by atoms with Gasteiger partial charge in [0, 0.05) is 18.2 Å². The van der Waals surface area contributed by atoms with Crippen LogP contribution in [-0.4, -0.2) is 27.7 Å². The zero-order valence-corrected chi connectivity index (χ0v) is 11.9. The standard InChI is InChI=1S/C15H22N4O/c1-2-9-16-12-7-5-11(6-8-12)15-18-14(19-20-15)13-4-3-10-17-13/h3-4,10-12,16-17H,2,5-9H2,1H3. The van der Waals surface area contributed by atoms with E-state index in [1.165, 1.54) is 19.3 Å². The number of nitrogens with one attached hydrogen (secondary N) is 2. The molecule has 1 fully saturated rings. The van der Waals surface area contributed by atoms with Gasteiger partial charge in [-0.25, -0.2) is 0 Å². The average Bonchev–Trinajstić information content (AvgIpc) is 3.16. The summed E-state index contributed by atoms with van der Waals surface area (Å²) in [5.41, 5.74) is 0.915. The predicted octanol–water partition coefficient (Wildman–Crippen LogP) is 3.09. The van der Waals surface area contributed by atoms with Gasteiger partial charge in [0.25, 0.3) is 0 Å². The molecule has 0 aliphatic heterocycles. The van der Waals surface area contributed by atoms with Gasteiger partial charge >= 0.3 is 0 Å². The van der Waals surface area contributed by atoms with E-state index < -0.39 is 0 Å². The second kappa shape index (κ2) is 6.22. The highest BCUT2D eigenvalue weighted by molar-refractivity contribution is 5.47. The second-order valence-corrected chi connectivity index (χ2v) is 5.54. The Kier molecular flexibility index (Phi) is 4.16. The summed E-state index contributed by atoms with van der Waals surface area (Å²) < 4.78 is 5.44. The van der Waals surface area contributed by atoms with Gasteiger partial charge in [-0.2, -0.15) is 4.98 Å². The van der Waals surface area contributed by atoms with Gasteiger partial charge in [0.05, 0.1) is 5.69 Å². The first-order chi connectivity index (χ1) is 9.86. The van der Waals surface area contributed by atoms with Crippen molar-refractivity contribution in [2.45, 2.75) is 51.0 Å². The zero-order valence-electron chi connectivity index (χ0n) is 11.9. The molecular weight excluding hydrogens is 252 g/mol. The number of aromatic amines is 1. The number of nitrogens with zero attached hydrogens (tertiary/aromatic N) is 2. The fraction of sp³-hybridized carbons (Fsp3) is 0.600. The lowest BCUT2D eigenvalue weighted by Crippen LogP contribution is -2.33. The second-order valence-electron chi connectivity index (χ2n) is 5.54. The molecule has 20 heavy (non-hydrogen) atoms. The van der Waals surface area contributed by atoms with Crippen LogP contribution in [0.15, 0.2) is 22.9 Å². The minimum absolute atomic E-state index is 0.422. The van der Waals surface area contributed by atoms with Gasteiger partial charge < -0.3 is 14.8 Å². The first kappa shape index (κ1) is 13.4. The van der Waals surface area contributed by atoms with Crippen LogP contribution in [0, 0.1) is 0 Å². The Morgan fingerprint density at radius 2 is 2.20 bits per heavy atom. The predicted molar refractivity (Wildman–Crippen MR) is 77.4 cm³/mol. The lowest BCUT2D eigenvalue weighted by Gasteiger charge is -2.27. The van der Waals surface area contributed by atoms with Crippen molar-refractivity contribution >= 4 is 0 Å². The van der Waals surface area contributed by atoms with E-state index in [4.69, 9.17) is 4.52 Å². The molecule has 0 unspecified atom stereocenters. The third-order valence-electron chi connectivity index (χ3n) is 4.04. The SMILES string of the molecule is CCCNC1CCC(c2nc(-c3ccc[nH]3)no2)CC1. The fourth-order valence-corrected chi connectivity index (χ4v) is 2.87. The molecule has 1 aliphatic rings. The first-order valence-corrected chi connectivity index (χ1v) is 7.57. The summed E-state index contributed by atoms with van der Waals surface area (Å²) in [5.74, 6) is 1.88. The lowest BCUT2D eigenvalue weighted by molar-refractivity contribution is 0.283. The Morgan fingerprint density at radius 1 is 1.35 bits per heavy atom. The van der Waals surface area contributed by atoms with Crippen LogP contribution in [-0.2, 0) is 0 Å². The van der Waals surface area contributed by atoms with E-state index in [-0.39, 0.29) is 0 Å². The molecule has 108 valence electrons. The maximum atomic E-state index is 5.44. The molecule has 2 aromatic rings. The highest BCUT2D eigenvalue weighted by Gasteiger charge is 2.26. The largest absolute Gasteiger partial charge is 0.359 e. The molecule has 5 heteroatoms. The molecule has 0 radical (unpaired) electrons. The summed E-state index contributed by atoms with van der Waals surface area (Å²) in [6.07, 6.45) is 7.73. The quantitative estimate of drug-likeness (QED) is 0.879. The Labute approximate surface area is 119 Å². The van der Waals surface area contributed by atoms with E-state index in [0.29, 0.717) is 17.8 Å². The van der Waals surface area contributed by atoms with Gasteiger partial charge in [-0.15, -0.1) is 0 Å². The van der Waals surface area contributed by atoms with Crippen molar-refractivity contribution in [1.29, 1.82) is 0 Å². The van der Waals surface area contributed by atoms with Crippen LogP contribution in [0.1, 0.15) is 50.8 Å². The molecule has 2 N–H and O–H groups in total. The molecule has 0 atom stereocenters. The third kappa shape index (κ3) is 2.93. The number of hydrogen-bond acceptors (Lipinski definition) is 4. The van der Waals surface area contributed by atoms with Crippen molar-refractivity contribution in [3.63, 3.8) is 0 Å². The minimum atomic E-state index is 0.422. The van der Waals surface area contributed by atoms with E-state index in [9.17, 15) is 0 Å². The van der Waals surface area contributed by atoms with E-state index in [2.05, 4.69) is 27.4 Å². The average molecular weight is 274 g/mol. The van der Waals surface area contributed by atoms with Crippen LogP contribution in [0.4, 0.5) is 0 Å². The zero-order chi connectivity index (χ0) is 13.8. The third-order valence-corrected chi connectivity index (χ3v) is 4.04. The van der Waals surface area contributed by atoms with Gasteiger partial charge in [0.2, 0.25) is 11.7 Å². The van der Waals surface area contributed by atoms with E-state index >= 15 is 0 Å². The summed E-state index contributed by atoms with van der Waals surface area (Å²) >= 11 is 0. The topological polar surface area (TPSA) is 66.7 Å². The van der Waals surface area contributed by atoms with Gasteiger partial charge in [-0.05, 0) is 50.8 Å². The fourth-order valence-electron chi connectivity index (χ4n) is 2.87. The minimum Gasteiger partial charge on any atom is -0.359 e. The van der Waals surface area contributed by atoms with E-state index in [0.717, 1.165) is 31.0 Å². The van der Waals surface area contributed by atoms with Gasteiger partial charge in [-0.3, -0.25) is 0 Å². The number of aromatic nitrogens is 3. The highest BCUT2D eigenvalue weighted by Crippen LogP contribution is 2.32. The normalized spacial score (nSPS) is 23.1. The Bertz CT molecular complexity index is 512. The summed E-state index contributed by atoms with van der Waals surface area (Å²) in [6.45, 7) is 3.33.